The van der Waals surface area contributed by atoms with Crippen LogP contribution in [-0.2, 0) is 9.59 Å². The molecule has 10 heteroatoms. The third-order valence-corrected chi connectivity index (χ3v) is 6.13. The largest absolute Gasteiger partial charge is 0.507 e. The molecule has 1 amide bonds. The molecule has 0 radical (unpaired) electrons. The molecule has 1 N–H and O–H groups in total. The fourth-order valence-corrected chi connectivity index (χ4v) is 4.25. The van der Waals surface area contributed by atoms with Crippen LogP contribution in [0.1, 0.15) is 31.0 Å². The van der Waals surface area contributed by atoms with Gasteiger partial charge >= 0.3 is 0 Å². The summed E-state index contributed by atoms with van der Waals surface area (Å²) in [7, 11) is 0. The van der Waals surface area contributed by atoms with Gasteiger partial charge in [0.15, 0.2) is 11.5 Å². The number of likely N-dealkylation sites (N-methyl/N-ethyl adjacent to an activating group) is 1. The number of likely N-dealkylation sites (tertiary alicyclic amines) is 1. The van der Waals surface area contributed by atoms with Crippen LogP contribution in [0.15, 0.2) is 48.0 Å². The number of nitro groups is 1. The highest BCUT2D eigenvalue weighted by Gasteiger charge is 2.46. The molecule has 0 aliphatic carbocycles. The second-order valence-corrected chi connectivity index (χ2v) is 7.94. The Labute approximate surface area is 196 Å². The molecule has 2 aromatic carbocycles. The normalized spacial score (nSPS) is 18.7. The van der Waals surface area contributed by atoms with Crippen molar-refractivity contribution in [2.45, 2.75) is 19.9 Å². The first-order valence-corrected chi connectivity index (χ1v) is 11.0. The van der Waals surface area contributed by atoms with Gasteiger partial charge in [0, 0.05) is 30.8 Å². The highest BCUT2D eigenvalue weighted by molar-refractivity contribution is 6.46. The highest BCUT2D eigenvalue weighted by Crippen LogP contribution is 2.41. The minimum Gasteiger partial charge on any atom is -0.507 e. The number of hydrogen-bond donors (Lipinski definition) is 1. The number of nitro benzene ring substituents is 1. The average molecular weight is 467 g/mol. The second-order valence-electron chi connectivity index (χ2n) is 7.94. The number of carbonyl (C=O) groups excluding carboxylic acids is 2. The van der Waals surface area contributed by atoms with Crippen LogP contribution in [-0.4, -0.2) is 64.5 Å². The molecule has 0 bridgehead atoms. The first-order valence-electron chi connectivity index (χ1n) is 11.0. The van der Waals surface area contributed by atoms with Crippen molar-refractivity contribution in [2.75, 3.05) is 33.0 Å². The summed E-state index contributed by atoms with van der Waals surface area (Å²) in [5, 5.41) is 22.6. The topological polar surface area (TPSA) is 122 Å². The molecule has 178 valence electrons. The molecule has 0 saturated carbocycles. The van der Waals surface area contributed by atoms with Crippen LogP contribution in [0.3, 0.4) is 0 Å². The fourth-order valence-electron chi connectivity index (χ4n) is 4.25. The van der Waals surface area contributed by atoms with E-state index >= 15 is 0 Å². The van der Waals surface area contributed by atoms with E-state index in [-0.39, 0.29) is 35.9 Å². The number of aliphatic hydroxyl groups is 1. The van der Waals surface area contributed by atoms with E-state index in [0.717, 1.165) is 13.1 Å². The van der Waals surface area contributed by atoms with Crippen LogP contribution in [0.25, 0.3) is 5.76 Å². The van der Waals surface area contributed by atoms with Crippen molar-refractivity contribution >= 4 is 23.1 Å². The number of fused-ring (bicyclic) bond motifs is 1. The van der Waals surface area contributed by atoms with E-state index in [1.165, 1.54) is 29.2 Å². The standard InChI is InChI=1S/C24H25N3O7/c1-3-25(4-2)10-11-26-21(15-6-5-7-17(12-15)27(31)32)20(23(29)24(26)30)22(28)16-8-9-18-19(13-16)34-14-33-18/h5-9,12-13,21,28H,3-4,10-11,14H2,1-2H3/t21-/m1/s1. The van der Waals surface area contributed by atoms with Crippen molar-refractivity contribution in [3.8, 4) is 11.5 Å². The smallest absolute Gasteiger partial charge is 0.295 e. The summed E-state index contributed by atoms with van der Waals surface area (Å²) in [6, 6.07) is 9.51. The fraction of sp³-hybridized carbons (Fsp3) is 0.333. The number of ketones is 1. The molecule has 1 fully saturated rings. The van der Waals surface area contributed by atoms with Gasteiger partial charge in [-0.05, 0) is 36.9 Å². The molecule has 2 heterocycles. The minimum atomic E-state index is -0.971. The zero-order chi connectivity index (χ0) is 24.4. The zero-order valence-electron chi connectivity index (χ0n) is 18.9. The van der Waals surface area contributed by atoms with Crippen molar-refractivity contribution in [2.24, 2.45) is 0 Å². The quantitative estimate of drug-likeness (QED) is 0.207. The molecular weight excluding hydrogens is 442 g/mol. The maximum Gasteiger partial charge on any atom is 0.295 e. The Balaban J connectivity index is 1.82. The summed E-state index contributed by atoms with van der Waals surface area (Å²) in [5.74, 6) is -1.06. The number of non-ortho nitro benzene ring substituents is 1. The van der Waals surface area contributed by atoms with Gasteiger partial charge in [-0.1, -0.05) is 26.0 Å². The van der Waals surface area contributed by atoms with E-state index in [1.54, 1.807) is 18.2 Å². The number of aliphatic hydroxyl groups excluding tert-OH is 1. The van der Waals surface area contributed by atoms with Crippen molar-refractivity contribution in [3.63, 3.8) is 0 Å². The SMILES string of the molecule is CCN(CC)CCN1C(=O)C(=O)C(=C(O)c2ccc3c(c2)OCO3)[C@H]1c1cccc([N+](=O)[O-])c1. The molecule has 2 aliphatic rings. The van der Waals surface area contributed by atoms with Gasteiger partial charge in [-0.15, -0.1) is 0 Å². The lowest BCUT2D eigenvalue weighted by Gasteiger charge is -2.28. The molecule has 2 aromatic rings. The Morgan fingerprint density at radius 1 is 1.15 bits per heavy atom. The van der Waals surface area contributed by atoms with Gasteiger partial charge in [0.25, 0.3) is 17.4 Å². The molecule has 10 nitrogen and oxygen atoms in total. The number of nitrogens with zero attached hydrogens (tertiary/aromatic N) is 3. The summed E-state index contributed by atoms with van der Waals surface area (Å²) < 4.78 is 10.7. The Kier molecular flexibility index (Phi) is 6.51. The van der Waals surface area contributed by atoms with Gasteiger partial charge in [-0.2, -0.15) is 0 Å². The second kappa shape index (κ2) is 9.52. The molecule has 0 unspecified atom stereocenters. The Hall–Kier alpha value is -3.92. The van der Waals surface area contributed by atoms with Crippen molar-refractivity contribution < 1.29 is 29.1 Å². The van der Waals surface area contributed by atoms with Crippen LogP contribution in [0, 0.1) is 10.1 Å². The molecule has 34 heavy (non-hydrogen) atoms. The molecule has 1 saturated heterocycles. The van der Waals surface area contributed by atoms with E-state index in [2.05, 4.69) is 4.90 Å². The number of amides is 1. The summed E-state index contributed by atoms with van der Waals surface area (Å²) in [4.78, 5) is 40.5. The van der Waals surface area contributed by atoms with Gasteiger partial charge in [-0.3, -0.25) is 19.7 Å². The summed E-state index contributed by atoms with van der Waals surface area (Å²) in [6.07, 6.45) is 0. The van der Waals surface area contributed by atoms with Crippen molar-refractivity contribution in [3.05, 3.63) is 69.3 Å². The summed E-state index contributed by atoms with van der Waals surface area (Å²) >= 11 is 0. The monoisotopic (exact) mass is 467 g/mol. The highest BCUT2D eigenvalue weighted by atomic mass is 16.7. The third kappa shape index (κ3) is 4.19. The predicted molar refractivity (Wildman–Crippen MR) is 122 cm³/mol. The van der Waals surface area contributed by atoms with E-state index in [9.17, 15) is 24.8 Å². The molecule has 2 aliphatic heterocycles. The van der Waals surface area contributed by atoms with Gasteiger partial charge in [0.05, 0.1) is 16.5 Å². The van der Waals surface area contributed by atoms with E-state index in [4.69, 9.17) is 9.47 Å². The van der Waals surface area contributed by atoms with Crippen molar-refractivity contribution in [1.29, 1.82) is 0 Å². The van der Waals surface area contributed by atoms with Gasteiger partial charge in [-0.25, -0.2) is 0 Å². The maximum atomic E-state index is 13.1. The van der Waals surface area contributed by atoms with Crippen LogP contribution >= 0.6 is 0 Å². The molecule has 0 aromatic heterocycles. The van der Waals surface area contributed by atoms with E-state index in [0.29, 0.717) is 23.6 Å². The Bertz CT molecular complexity index is 1170. The minimum absolute atomic E-state index is 0.0446. The lowest BCUT2D eigenvalue weighted by atomic mass is 9.95. The van der Waals surface area contributed by atoms with E-state index < -0.39 is 22.7 Å². The van der Waals surface area contributed by atoms with Crippen LogP contribution in [0.5, 0.6) is 11.5 Å². The number of hydrogen-bond acceptors (Lipinski definition) is 8. The van der Waals surface area contributed by atoms with Crippen LogP contribution < -0.4 is 9.47 Å². The Morgan fingerprint density at radius 2 is 1.88 bits per heavy atom. The van der Waals surface area contributed by atoms with Crippen LogP contribution in [0.4, 0.5) is 5.69 Å². The third-order valence-electron chi connectivity index (χ3n) is 6.13. The first kappa shape index (κ1) is 23.2. The lowest BCUT2D eigenvalue weighted by Crippen LogP contribution is -2.38. The summed E-state index contributed by atoms with van der Waals surface area (Å²) in [5.41, 5.74) is 0.357. The number of rotatable bonds is 8. The Morgan fingerprint density at radius 3 is 2.59 bits per heavy atom. The first-order chi connectivity index (χ1) is 16.3. The van der Waals surface area contributed by atoms with E-state index in [1.807, 2.05) is 13.8 Å². The number of ether oxygens (including phenoxy) is 2. The van der Waals surface area contributed by atoms with Crippen LogP contribution in [0.2, 0.25) is 0 Å². The lowest BCUT2D eigenvalue weighted by molar-refractivity contribution is -0.384. The molecule has 0 spiro atoms. The zero-order valence-corrected chi connectivity index (χ0v) is 18.9. The molecule has 1 atom stereocenters. The van der Waals surface area contributed by atoms with Gasteiger partial charge in [0.2, 0.25) is 6.79 Å². The van der Waals surface area contributed by atoms with Gasteiger partial charge in [0.1, 0.15) is 5.76 Å². The average Bonchev–Trinajstić information content (AvgIpc) is 3.41. The molecular formula is C24H25N3O7. The molecule has 4 rings (SSSR count). The number of benzene rings is 2. The number of Topliss-reactive ketones (excluding diaryl/α,β-unsaturated/α-hetero) is 1. The predicted octanol–water partition coefficient (Wildman–Crippen LogP) is 3.09. The van der Waals surface area contributed by atoms with Crippen molar-refractivity contribution in [1.82, 2.24) is 9.80 Å². The van der Waals surface area contributed by atoms with Gasteiger partial charge < -0.3 is 24.4 Å². The maximum absolute atomic E-state index is 13.1. The number of carbonyl (C=O) groups is 2. The summed E-state index contributed by atoms with van der Waals surface area (Å²) in [6.45, 7) is 6.29.